The quantitative estimate of drug-likeness (QED) is 0.492. The predicted octanol–water partition coefficient (Wildman–Crippen LogP) is 3.96. The lowest BCUT2D eigenvalue weighted by Crippen LogP contribution is -2.36. The Morgan fingerprint density at radius 3 is 2.78 bits per heavy atom. The van der Waals surface area contributed by atoms with E-state index in [2.05, 4.69) is 17.0 Å². The van der Waals surface area contributed by atoms with Crippen molar-refractivity contribution in [3.05, 3.63) is 69.9 Å². The van der Waals surface area contributed by atoms with Gasteiger partial charge < -0.3 is 23.9 Å². The van der Waals surface area contributed by atoms with E-state index in [0.717, 1.165) is 27.5 Å². The molecule has 0 bridgehead atoms. The van der Waals surface area contributed by atoms with Crippen LogP contribution in [0.15, 0.2) is 67.5 Å². The highest BCUT2D eigenvalue weighted by atomic mass is 32.2. The van der Waals surface area contributed by atoms with E-state index in [0.29, 0.717) is 37.9 Å². The number of aliphatic hydroxyl groups is 1. The third-order valence-electron chi connectivity index (χ3n) is 5.55. The number of benzene rings is 2. The SMILES string of the molecule is C[C@H](O)COc1ccc2c(c1)Cc1cccc(-c3cc(=O)cc(N4CCOCC4)o3)c1S2. The van der Waals surface area contributed by atoms with Gasteiger partial charge in [-0.25, -0.2) is 0 Å². The van der Waals surface area contributed by atoms with Crippen molar-refractivity contribution in [2.45, 2.75) is 29.2 Å². The molecule has 3 heterocycles. The van der Waals surface area contributed by atoms with Crippen LogP contribution in [0.3, 0.4) is 0 Å². The van der Waals surface area contributed by atoms with E-state index in [-0.39, 0.29) is 12.0 Å². The fourth-order valence-electron chi connectivity index (χ4n) is 3.99. The third-order valence-corrected chi connectivity index (χ3v) is 6.86. The van der Waals surface area contributed by atoms with Gasteiger partial charge in [0.1, 0.15) is 18.1 Å². The minimum atomic E-state index is -0.508. The van der Waals surface area contributed by atoms with E-state index in [1.54, 1.807) is 30.8 Å². The highest BCUT2D eigenvalue weighted by Gasteiger charge is 2.22. The minimum absolute atomic E-state index is 0.0635. The monoisotopic (exact) mass is 451 g/mol. The molecule has 7 heteroatoms. The summed E-state index contributed by atoms with van der Waals surface area (Å²) in [6.45, 7) is 4.65. The summed E-state index contributed by atoms with van der Waals surface area (Å²) in [7, 11) is 0. The number of anilines is 1. The fourth-order valence-corrected chi connectivity index (χ4v) is 5.16. The second-order valence-corrected chi connectivity index (χ2v) is 9.15. The van der Waals surface area contributed by atoms with Gasteiger partial charge in [0, 0.05) is 40.6 Å². The largest absolute Gasteiger partial charge is 0.491 e. The zero-order valence-corrected chi connectivity index (χ0v) is 18.7. The highest BCUT2D eigenvalue weighted by Crippen LogP contribution is 2.45. The van der Waals surface area contributed by atoms with Gasteiger partial charge in [0.05, 0.1) is 19.3 Å². The first-order chi connectivity index (χ1) is 15.6. The zero-order chi connectivity index (χ0) is 22.1. The van der Waals surface area contributed by atoms with Gasteiger partial charge in [-0.2, -0.15) is 0 Å². The summed E-state index contributed by atoms with van der Waals surface area (Å²) in [5, 5.41) is 9.47. The average Bonchev–Trinajstić information content (AvgIpc) is 2.81. The number of rotatable bonds is 5. The lowest BCUT2D eigenvalue weighted by Gasteiger charge is -2.27. The second kappa shape index (κ2) is 9.02. The molecule has 1 saturated heterocycles. The lowest BCUT2D eigenvalue weighted by molar-refractivity contribution is 0.120. The molecule has 0 unspecified atom stereocenters. The van der Waals surface area contributed by atoms with Gasteiger partial charge in [0.2, 0.25) is 0 Å². The van der Waals surface area contributed by atoms with Crippen molar-refractivity contribution in [1.29, 1.82) is 0 Å². The second-order valence-electron chi connectivity index (χ2n) is 8.10. The number of hydrogen-bond acceptors (Lipinski definition) is 7. The van der Waals surface area contributed by atoms with E-state index in [1.807, 2.05) is 24.3 Å². The number of morpholine rings is 1. The molecule has 2 aromatic carbocycles. The molecular formula is C25H25NO5S. The summed E-state index contributed by atoms with van der Waals surface area (Å²) in [4.78, 5) is 16.8. The molecule has 1 fully saturated rings. The van der Waals surface area contributed by atoms with Gasteiger partial charge in [-0.15, -0.1) is 0 Å². The van der Waals surface area contributed by atoms with E-state index < -0.39 is 6.10 Å². The molecule has 166 valence electrons. The smallest absolute Gasteiger partial charge is 0.200 e. The molecule has 6 nitrogen and oxygen atoms in total. The van der Waals surface area contributed by atoms with Crippen LogP contribution in [-0.4, -0.2) is 44.1 Å². The van der Waals surface area contributed by atoms with E-state index in [1.165, 1.54) is 11.1 Å². The molecule has 3 aromatic rings. The summed E-state index contributed by atoms with van der Waals surface area (Å²) < 4.78 is 17.3. The Hall–Kier alpha value is -2.74. The molecule has 0 saturated carbocycles. The Balaban J connectivity index is 1.47. The van der Waals surface area contributed by atoms with Crippen LogP contribution in [0, 0.1) is 0 Å². The third kappa shape index (κ3) is 4.41. The fraction of sp³-hybridized carbons (Fsp3) is 0.320. The van der Waals surface area contributed by atoms with Crippen molar-refractivity contribution >= 4 is 17.6 Å². The Labute approximate surface area is 190 Å². The van der Waals surface area contributed by atoms with E-state index in [9.17, 15) is 9.90 Å². The molecule has 0 radical (unpaired) electrons. The summed E-state index contributed by atoms with van der Waals surface area (Å²) in [5.74, 6) is 1.94. The molecule has 2 aliphatic rings. The molecule has 1 N–H and O–H groups in total. The van der Waals surface area contributed by atoms with Crippen LogP contribution in [0.2, 0.25) is 0 Å². The number of aliphatic hydroxyl groups excluding tert-OH is 1. The van der Waals surface area contributed by atoms with Crippen LogP contribution < -0.4 is 15.1 Å². The molecule has 0 aliphatic carbocycles. The van der Waals surface area contributed by atoms with Crippen LogP contribution >= 0.6 is 11.8 Å². The van der Waals surface area contributed by atoms with Crippen molar-refractivity contribution < 1.29 is 19.0 Å². The minimum Gasteiger partial charge on any atom is -0.491 e. The Bertz CT molecular complexity index is 1180. The standard InChI is InChI=1S/C25H25NO5S/c1-16(27)15-30-20-5-6-23-18(12-20)11-17-3-2-4-21(25(17)32-23)22-13-19(28)14-24(31-22)26-7-9-29-10-8-26/h2-6,12-14,16,27H,7-11,15H2,1H3/t16-/m0/s1. The number of ether oxygens (including phenoxy) is 2. The van der Waals surface area contributed by atoms with Gasteiger partial charge in [0.15, 0.2) is 11.3 Å². The highest BCUT2D eigenvalue weighted by molar-refractivity contribution is 7.99. The summed E-state index contributed by atoms with van der Waals surface area (Å²) >= 11 is 1.68. The van der Waals surface area contributed by atoms with E-state index >= 15 is 0 Å². The maximum Gasteiger partial charge on any atom is 0.200 e. The van der Waals surface area contributed by atoms with Crippen LogP contribution in [-0.2, 0) is 11.2 Å². The number of hydrogen-bond donors (Lipinski definition) is 1. The van der Waals surface area contributed by atoms with Crippen molar-refractivity contribution in [3.63, 3.8) is 0 Å². The van der Waals surface area contributed by atoms with Crippen LogP contribution in [0.4, 0.5) is 5.88 Å². The van der Waals surface area contributed by atoms with Crippen molar-refractivity contribution in [2.24, 2.45) is 0 Å². The number of nitrogens with zero attached hydrogens (tertiary/aromatic N) is 1. The molecule has 0 amide bonds. The molecule has 0 spiro atoms. The van der Waals surface area contributed by atoms with Crippen LogP contribution in [0.25, 0.3) is 11.3 Å². The number of fused-ring (bicyclic) bond motifs is 2. The molecular weight excluding hydrogens is 426 g/mol. The first-order valence-corrected chi connectivity index (χ1v) is 11.6. The Morgan fingerprint density at radius 1 is 1.12 bits per heavy atom. The predicted molar refractivity (Wildman–Crippen MR) is 124 cm³/mol. The first kappa shape index (κ1) is 21.1. The molecule has 1 atom stereocenters. The van der Waals surface area contributed by atoms with Gasteiger partial charge >= 0.3 is 0 Å². The maximum atomic E-state index is 12.5. The Kier molecular flexibility index (Phi) is 5.95. The van der Waals surface area contributed by atoms with E-state index in [4.69, 9.17) is 13.9 Å². The summed E-state index contributed by atoms with van der Waals surface area (Å²) in [5.41, 5.74) is 3.24. The molecule has 1 aromatic heterocycles. The first-order valence-electron chi connectivity index (χ1n) is 10.8. The van der Waals surface area contributed by atoms with Crippen LogP contribution in [0.1, 0.15) is 18.1 Å². The van der Waals surface area contributed by atoms with Gasteiger partial charge in [-0.1, -0.05) is 30.0 Å². The molecule has 32 heavy (non-hydrogen) atoms. The normalized spacial score (nSPS) is 16.2. The van der Waals surface area contributed by atoms with Gasteiger partial charge in [0.25, 0.3) is 0 Å². The maximum absolute atomic E-state index is 12.5. The van der Waals surface area contributed by atoms with Crippen molar-refractivity contribution in [1.82, 2.24) is 0 Å². The molecule has 5 rings (SSSR count). The Morgan fingerprint density at radius 2 is 1.97 bits per heavy atom. The van der Waals surface area contributed by atoms with Gasteiger partial charge in [-0.3, -0.25) is 4.79 Å². The summed E-state index contributed by atoms with van der Waals surface area (Å²) in [6.07, 6.45) is 0.261. The lowest BCUT2D eigenvalue weighted by atomic mass is 10.0. The van der Waals surface area contributed by atoms with Crippen molar-refractivity contribution in [3.8, 4) is 17.1 Å². The van der Waals surface area contributed by atoms with Crippen LogP contribution in [0.5, 0.6) is 5.75 Å². The van der Waals surface area contributed by atoms with Crippen molar-refractivity contribution in [2.75, 3.05) is 37.8 Å². The van der Waals surface area contributed by atoms with Gasteiger partial charge in [-0.05, 0) is 42.7 Å². The zero-order valence-electron chi connectivity index (χ0n) is 17.9. The topological polar surface area (TPSA) is 72.1 Å². The summed E-state index contributed by atoms with van der Waals surface area (Å²) in [6, 6.07) is 15.3. The molecule has 2 aliphatic heterocycles. The average molecular weight is 452 g/mol.